The van der Waals surface area contributed by atoms with E-state index < -0.39 is 23.8 Å². The summed E-state index contributed by atoms with van der Waals surface area (Å²) in [7, 11) is 1.85. The number of carbonyl (C=O) groups is 2. The van der Waals surface area contributed by atoms with Crippen molar-refractivity contribution >= 4 is 17.7 Å². The number of piperidine rings is 1. The first-order chi connectivity index (χ1) is 11.1. The second kappa shape index (κ2) is 5.94. The Bertz CT molecular complexity index is 825. The highest BCUT2D eigenvalue weighted by molar-refractivity contribution is 6.14. The molecule has 2 aromatic heterocycles. The third kappa shape index (κ3) is 2.67. The lowest BCUT2D eigenvalue weighted by Gasteiger charge is -2.27. The van der Waals surface area contributed by atoms with Crippen molar-refractivity contribution in [2.24, 2.45) is 7.05 Å². The van der Waals surface area contributed by atoms with E-state index in [-0.39, 0.29) is 5.57 Å². The zero-order chi connectivity index (χ0) is 16.4. The largest absolute Gasteiger partial charge is 0.763 e. The van der Waals surface area contributed by atoms with Crippen molar-refractivity contribution in [2.75, 3.05) is 0 Å². The molecular weight excluding hydrogens is 292 g/mol. The van der Waals surface area contributed by atoms with Crippen LogP contribution in [0.25, 0.3) is 5.41 Å². The van der Waals surface area contributed by atoms with Crippen LogP contribution in [0.4, 0.5) is 0 Å². The van der Waals surface area contributed by atoms with E-state index in [1.165, 1.54) is 0 Å². The summed E-state index contributed by atoms with van der Waals surface area (Å²) >= 11 is 0. The van der Waals surface area contributed by atoms with Gasteiger partial charge in [0, 0.05) is 23.8 Å². The van der Waals surface area contributed by atoms with Crippen molar-refractivity contribution in [3.8, 4) is 0 Å². The second-order valence-corrected chi connectivity index (χ2v) is 5.39. The van der Waals surface area contributed by atoms with E-state index in [1.807, 2.05) is 48.1 Å². The number of aromatic nitrogens is 2. The number of hydrogen-bond donors (Lipinski definition) is 1. The average Bonchev–Trinajstić information content (AvgIpc) is 2.55. The van der Waals surface area contributed by atoms with Crippen molar-refractivity contribution in [1.29, 1.82) is 0 Å². The minimum atomic E-state index is -0.689. The number of amides is 2. The molecule has 1 aliphatic heterocycles. The summed E-state index contributed by atoms with van der Waals surface area (Å²) in [4.78, 5) is 24.5. The zero-order valence-corrected chi connectivity index (χ0v) is 12.5. The van der Waals surface area contributed by atoms with E-state index in [4.69, 9.17) is 0 Å². The number of imide groups is 1. The Morgan fingerprint density at radius 2 is 1.87 bits per heavy atom. The zero-order valence-electron chi connectivity index (χ0n) is 12.5. The fourth-order valence-corrected chi connectivity index (χ4v) is 2.87. The number of hydrogen-bond acceptors (Lipinski definition) is 2. The van der Waals surface area contributed by atoms with E-state index in [9.17, 15) is 15.0 Å². The van der Waals surface area contributed by atoms with Gasteiger partial charge in [0.05, 0.1) is 11.5 Å². The molecule has 2 atom stereocenters. The lowest BCUT2D eigenvalue weighted by molar-refractivity contribution is -0.712. The molecule has 0 spiro atoms. The fraction of sp³-hybridized carbons (Fsp3) is 0.176. The molecule has 0 radical (unpaired) electrons. The Morgan fingerprint density at radius 1 is 1.13 bits per heavy atom. The predicted molar refractivity (Wildman–Crippen MR) is 81.1 cm³/mol. The standard InChI is InChI=1S/C17H14N4O2/c1-20-7-5-6-12(11-20)14-13(10-18)16(22)19-17(23)15(14)21-8-3-2-4-9-21/h2-9,11,14-15H,1H3/p+1/t14-,15+/m1/s1. The monoisotopic (exact) mass is 307 g/mol. The summed E-state index contributed by atoms with van der Waals surface area (Å²) in [5, 5.41) is 11.7. The molecule has 6 heteroatoms. The van der Waals surface area contributed by atoms with E-state index in [1.54, 1.807) is 29.1 Å². The molecule has 0 unspecified atom stereocenters. The first kappa shape index (κ1) is 14.8. The quantitative estimate of drug-likeness (QED) is 0.365. The molecule has 1 saturated heterocycles. The third-order valence-electron chi connectivity index (χ3n) is 3.88. The number of rotatable bonds is 2. The maximum Gasteiger partial charge on any atom is 0.296 e. The lowest BCUT2D eigenvalue weighted by Crippen LogP contribution is -2.57. The molecule has 114 valence electrons. The van der Waals surface area contributed by atoms with Crippen LogP contribution in [0.2, 0.25) is 0 Å². The Labute approximate surface area is 133 Å². The van der Waals surface area contributed by atoms with E-state index >= 15 is 0 Å². The van der Waals surface area contributed by atoms with Crippen molar-refractivity contribution in [2.45, 2.75) is 12.0 Å². The van der Waals surface area contributed by atoms with Gasteiger partial charge < -0.3 is 5.41 Å². The van der Waals surface area contributed by atoms with Crippen LogP contribution in [-0.2, 0) is 16.6 Å². The molecule has 2 aromatic rings. The Kier molecular flexibility index (Phi) is 3.83. The molecule has 1 aliphatic rings. The maximum absolute atomic E-state index is 12.5. The molecule has 1 N–H and O–H groups in total. The maximum atomic E-state index is 12.5. The van der Waals surface area contributed by atoms with E-state index in [0.29, 0.717) is 0 Å². The van der Waals surface area contributed by atoms with Gasteiger partial charge in [-0.2, -0.15) is 4.57 Å². The molecule has 3 heterocycles. The minimum Gasteiger partial charge on any atom is -0.763 e. The molecule has 23 heavy (non-hydrogen) atoms. The van der Waals surface area contributed by atoms with Crippen molar-refractivity contribution in [1.82, 2.24) is 5.32 Å². The number of pyridine rings is 2. The van der Waals surface area contributed by atoms with Crippen molar-refractivity contribution in [3.05, 3.63) is 71.7 Å². The summed E-state index contributed by atoms with van der Waals surface area (Å²) in [5.74, 6) is 0.309. The van der Waals surface area contributed by atoms with Gasteiger partial charge in [0.1, 0.15) is 7.05 Å². The van der Waals surface area contributed by atoms with E-state index in [2.05, 4.69) is 5.32 Å². The van der Waals surface area contributed by atoms with Gasteiger partial charge >= 0.3 is 0 Å². The number of aryl methyl sites for hydroxylation is 1. The molecule has 0 bridgehead atoms. The first-order valence-corrected chi connectivity index (χ1v) is 7.15. The first-order valence-electron chi connectivity index (χ1n) is 7.15. The third-order valence-corrected chi connectivity index (χ3v) is 3.88. The average molecular weight is 307 g/mol. The van der Waals surface area contributed by atoms with Crippen LogP contribution in [0.1, 0.15) is 17.5 Å². The molecule has 1 fully saturated rings. The topological polar surface area (TPSA) is 76.2 Å². The molecule has 0 aromatic carbocycles. The van der Waals surface area contributed by atoms with Crippen molar-refractivity contribution < 1.29 is 18.7 Å². The lowest BCUT2D eigenvalue weighted by atomic mass is 9.82. The van der Waals surface area contributed by atoms with Gasteiger partial charge in [-0.15, -0.1) is 0 Å². The molecule has 0 saturated carbocycles. The molecule has 6 nitrogen and oxygen atoms in total. The van der Waals surface area contributed by atoms with Crippen LogP contribution >= 0.6 is 0 Å². The smallest absolute Gasteiger partial charge is 0.296 e. The molecule has 3 rings (SSSR count). The van der Waals surface area contributed by atoms with Gasteiger partial charge in [-0.1, -0.05) is 6.07 Å². The molecular formula is C17H15N4O2+. The van der Waals surface area contributed by atoms with Gasteiger partial charge in [-0.25, -0.2) is 4.57 Å². The van der Waals surface area contributed by atoms with Gasteiger partial charge in [0.25, 0.3) is 11.8 Å². The number of carbonyl (C=O) groups excluding carboxylic acids is 2. The van der Waals surface area contributed by atoms with Crippen molar-refractivity contribution in [3.63, 3.8) is 0 Å². The summed E-state index contributed by atoms with van der Waals surface area (Å²) < 4.78 is 3.55. The molecule has 2 amide bonds. The molecule has 0 aliphatic carbocycles. The Morgan fingerprint density at radius 3 is 2.52 bits per heavy atom. The van der Waals surface area contributed by atoms with Crippen LogP contribution < -0.4 is 14.5 Å². The minimum absolute atomic E-state index is 0.0390. The highest BCUT2D eigenvalue weighted by atomic mass is 16.2. The number of nitrogens with one attached hydrogen (secondary N) is 1. The summed E-state index contributed by atoms with van der Waals surface area (Å²) in [6, 6.07) is 8.41. The van der Waals surface area contributed by atoms with Gasteiger partial charge in [-0.05, 0) is 6.07 Å². The fourth-order valence-electron chi connectivity index (χ4n) is 2.87. The summed E-state index contributed by atoms with van der Waals surface area (Å²) in [6.07, 6.45) is 7.19. The normalized spacial score (nSPS) is 20.8. The second-order valence-electron chi connectivity index (χ2n) is 5.39. The predicted octanol–water partition coefficient (Wildman–Crippen LogP) is -0.0546. The van der Waals surface area contributed by atoms with Gasteiger partial charge in [0.2, 0.25) is 6.04 Å². The van der Waals surface area contributed by atoms with Gasteiger partial charge in [-0.3, -0.25) is 20.8 Å². The number of nitrogens with zero attached hydrogens (tertiary/aromatic N) is 3. The van der Waals surface area contributed by atoms with Crippen LogP contribution in [0.5, 0.6) is 0 Å². The Hall–Kier alpha value is -3.11. The summed E-state index contributed by atoms with van der Waals surface area (Å²) in [6.45, 7) is 0. The van der Waals surface area contributed by atoms with Crippen LogP contribution in [0, 0.1) is 0 Å². The summed E-state index contributed by atoms with van der Waals surface area (Å²) in [5.41, 5.74) is 0.785. The van der Waals surface area contributed by atoms with Crippen LogP contribution in [0.3, 0.4) is 0 Å². The van der Waals surface area contributed by atoms with Gasteiger partial charge in [0.15, 0.2) is 24.8 Å². The highest BCUT2D eigenvalue weighted by Crippen LogP contribution is 2.33. The van der Waals surface area contributed by atoms with E-state index in [0.717, 1.165) is 5.56 Å². The van der Waals surface area contributed by atoms with Crippen LogP contribution in [-0.4, -0.2) is 17.7 Å². The SMILES string of the molecule is C[n+]1cccc([C@@H]2C(=C=[N-])C(=O)NC(=O)[C@H]2[n+]2ccccc2)c1. The highest BCUT2D eigenvalue weighted by Gasteiger charge is 2.47. The Balaban J connectivity index is 2.20. The van der Waals surface area contributed by atoms with Crippen LogP contribution in [0.15, 0.2) is 60.7 Å².